The first kappa shape index (κ1) is 13.4. The van der Waals surface area contributed by atoms with Crippen LogP contribution >= 0.6 is 0 Å². The highest BCUT2D eigenvalue weighted by atomic mass is 32.2. The van der Waals surface area contributed by atoms with Crippen LogP contribution in [0.25, 0.3) is 0 Å². The maximum Gasteiger partial charge on any atom is 0.244 e. The molecule has 1 saturated heterocycles. The fourth-order valence-electron chi connectivity index (χ4n) is 2.07. The molecule has 0 spiro atoms. The van der Waals surface area contributed by atoms with Gasteiger partial charge in [-0.3, -0.25) is 4.98 Å². The SMILES string of the molecule is CN(C1CCNCC1)S(=O)(=O)c1cncc(F)c1. The van der Waals surface area contributed by atoms with Gasteiger partial charge in [-0.05, 0) is 32.0 Å². The third kappa shape index (κ3) is 2.68. The van der Waals surface area contributed by atoms with Gasteiger partial charge in [0.15, 0.2) is 0 Å². The summed E-state index contributed by atoms with van der Waals surface area (Å²) in [6.07, 6.45) is 3.69. The Labute approximate surface area is 106 Å². The van der Waals surface area contributed by atoms with Crippen LogP contribution in [-0.4, -0.2) is 43.9 Å². The van der Waals surface area contributed by atoms with E-state index in [1.54, 1.807) is 0 Å². The molecule has 100 valence electrons. The van der Waals surface area contributed by atoms with Crippen molar-refractivity contribution >= 4 is 10.0 Å². The van der Waals surface area contributed by atoms with Gasteiger partial charge in [0, 0.05) is 19.3 Å². The van der Waals surface area contributed by atoms with Crippen LogP contribution in [-0.2, 0) is 10.0 Å². The van der Waals surface area contributed by atoms with Crippen LogP contribution in [0.1, 0.15) is 12.8 Å². The molecule has 7 heteroatoms. The lowest BCUT2D eigenvalue weighted by Gasteiger charge is -2.30. The summed E-state index contributed by atoms with van der Waals surface area (Å²) in [6, 6.07) is 0.958. The van der Waals surface area contributed by atoms with Crippen molar-refractivity contribution in [2.75, 3.05) is 20.1 Å². The minimum absolute atomic E-state index is 0.0421. The highest BCUT2D eigenvalue weighted by Gasteiger charge is 2.29. The van der Waals surface area contributed by atoms with E-state index in [0.717, 1.165) is 38.2 Å². The second kappa shape index (κ2) is 5.29. The van der Waals surface area contributed by atoms with Crippen molar-refractivity contribution in [2.24, 2.45) is 0 Å². The van der Waals surface area contributed by atoms with Gasteiger partial charge in [0.2, 0.25) is 10.0 Å². The zero-order valence-electron chi connectivity index (χ0n) is 10.1. The van der Waals surface area contributed by atoms with Crippen LogP contribution < -0.4 is 5.32 Å². The number of nitrogens with one attached hydrogen (secondary N) is 1. The summed E-state index contributed by atoms with van der Waals surface area (Å²) in [7, 11) is -2.12. The second-order valence-electron chi connectivity index (χ2n) is 4.34. The maximum absolute atomic E-state index is 13.0. The van der Waals surface area contributed by atoms with Crippen molar-refractivity contribution in [1.29, 1.82) is 0 Å². The number of hydrogen-bond donors (Lipinski definition) is 1. The van der Waals surface area contributed by atoms with Crippen molar-refractivity contribution in [1.82, 2.24) is 14.6 Å². The van der Waals surface area contributed by atoms with Gasteiger partial charge in [-0.15, -0.1) is 0 Å². The fourth-order valence-corrected chi connectivity index (χ4v) is 3.46. The van der Waals surface area contributed by atoms with E-state index in [9.17, 15) is 12.8 Å². The molecule has 1 aromatic rings. The van der Waals surface area contributed by atoms with Crippen molar-refractivity contribution < 1.29 is 12.8 Å². The predicted molar refractivity (Wildman–Crippen MR) is 65.0 cm³/mol. The number of nitrogens with zero attached hydrogens (tertiary/aromatic N) is 2. The first-order valence-electron chi connectivity index (χ1n) is 5.81. The lowest BCUT2D eigenvalue weighted by atomic mass is 10.1. The molecule has 0 radical (unpaired) electrons. The minimum atomic E-state index is -3.66. The molecule has 0 unspecified atom stereocenters. The Morgan fingerprint density at radius 3 is 2.67 bits per heavy atom. The molecule has 18 heavy (non-hydrogen) atoms. The molecule has 1 aliphatic rings. The van der Waals surface area contributed by atoms with Crippen molar-refractivity contribution in [3.05, 3.63) is 24.3 Å². The van der Waals surface area contributed by atoms with Crippen molar-refractivity contribution in [3.8, 4) is 0 Å². The summed E-state index contributed by atoms with van der Waals surface area (Å²) < 4.78 is 38.9. The van der Waals surface area contributed by atoms with Crippen LogP contribution in [0.3, 0.4) is 0 Å². The first-order valence-corrected chi connectivity index (χ1v) is 7.25. The molecule has 0 aliphatic carbocycles. The van der Waals surface area contributed by atoms with E-state index in [1.165, 1.54) is 17.5 Å². The summed E-state index contributed by atoms with van der Waals surface area (Å²) >= 11 is 0. The number of sulfonamides is 1. The Kier molecular flexibility index (Phi) is 3.94. The van der Waals surface area contributed by atoms with Gasteiger partial charge >= 0.3 is 0 Å². The largest absolute Gasteiger partial charge is 0.317 e. The third-order valence-electron chi connectivity index (χ3n) is 3.18. The molecule has 2 heterocycles. The van der Waals surface area contributed by atoms with Crippen molar-refractivity contribution in [3.63, 3.8) is 0 Å². The summed E-state index contributed by atoms with van der Waals surface area (Å²) in [5.74, 6) is -0.644. The highest BCUT2D eigenvalue weighted by molar-refractivity contribution is 7.89. The number of pyridine rings is 1. The number of rotatable bonds is 3. The van der Waals surface area contributed by atoms with Gasteiger partial charge in [-0.25, -0.2) is 12.8 Å². The van der Waals surface area contributed by atoms with Gasteiger partial charge in [-0.2, -0.15) is 4.31 Å². The van der Waals surface area contributed by atoms with E-state index in [4.69, 9.17) is 0 Å². The lowest BCUT2D eigenvalue weighted by molar-refractivity contribution is 0.296. The summed E-state index contributed by atoms with van der Waals surface area (Å²) in [4.78, 5) is 3.49. The second-order valence-corrected chi connectivity index (χ2v) is 6.34. The van der Waals surface area contributed by atoms with Crippen molar-refractivity contribution in [2.45, 2.75) is 23.8 Å². The van der Waals surface area contributed by atoms with E-state index in [2.05, 4.69) is 10.3 Å². The van der Waals surface area contributed by atoms with Gasteiger partial charge < -0.3 is 5.32 Å². The molecule has 1 aromatic heterocycles. The number of piperidine rings is 1. The van der Waals surface area contributed by atoms with Crippen LogP contribution in [0.15, 0.2) is 23.4 Å². The minimum Gasteiger partial charge on any atom is -0.317 e. The molecule has 1 N–H and O–H groups in total. The standard InChI is InChI=1S/C11H16FN3O2S/c1-15(10-2-4-13-5-3-10)18(16,17)11-6-9(12)7-14-8-11/h6-8,10,13H,2-5H2,1H3. The molecule has 1 fully saturated rings. The average Bonchev–Trinajstić information content (AvgIpc) is 2.39. The van der Waals surface area contributed by atoms with E-state index >= 15 is 0 Å². The summed E-state index contributed by atoms with van der Waals surface area (Å²) in [5, 5.41) is 3.18. The van der Waals surface area contributed by atoms with Gasteiger partial charge in [0.05, 0.1) is 6.20 Å². The van der Waals surface area contributed by atoms with Crippen LogP contribution in [0.2, 0.25) is 0 Å². The summed E-state index contributed by atoms with van der Waals surface area (Å²) in [5.41, 5.74) is 0. The topological polar surface area (TPSA) is 62.3 Å². The van der Waals surface area contributed by atoms with E-state index in [1.807, 2.05) is 0 Å². The quantitative estimate of drug-likeness (QED) is 0.875. The molecule has 0 saturated carbocycles. The van der Waals surface area contributed by atoms with E-state index in [0.29, 0.717) is 0 Å². The van der Waals surface area contributed by atoms with Crippen LogP contribution in [0.5, 0.6) is 0 Å². The molecular formula is C11H16FN3O2S. The van der Waals surface area contributed by atoms with Crippen LogP contribution in [0, 0.1) is 5.82 Å². The molecule has 0 aromatic carbocycles. The Bertz CT molecular complexity index is 515. The Morgan fingerprint density at radius 1 is 1.39 bits per heavy atom. The zero-order valence-corrected chi connectivity index (χ0v) is 11.0. The number of hydrogen-bond acceptors (Lipinski definition) is 4. The molecule has 0 bridgehead atoms. The lowest BCUT2D eigenvalue weighted by Crippen LogP contribution is -2.43. The third-order valence-corrected chi connectivity index (χ3v) is 5.06. The van der Waals surface area contributed by atoms with Crippen LogP contribution in [0.4, 0.5) is 4.39 Å². The zero-order chi connectivity index (χ0) is 13.2. The number of aromatic nitrogens is 1. The molecule has 5 nitrogen and oxygen atoms in total. The van der Waals surface area contributed by atoms with E-state index in [-0.39, 0.29) is 10.9 Å². The Hall–Kier alpha value is -1.05. The smallest absolute Gasteiger partial charge is 0.244 e. The molecule has 0 atom stereocenters. The molecule has 0 amide bonds. The monoisotopic (exact) mass is 273 g/mol. The molecular weight excluding hydrogens is 257 g/mol. The average molecular weight is 273 g/mol. The fraction of sp³-hybridized carbons (Fsp3) is 0.545. The predicted octanol–water partition coefficient (Wildman–Crippen LogP) is 0.593. The Morgan fingerprint density at radius 2 is 2.06 bits per heavy atom. The maximum atomic E-state index is 13.0. The summed E-state index contributed by atoms with van der Waals surface area (Å²) in [6.45, 7) is 1.60. The first-order chi connectivity index (χ1) is 8.51. The van der Waals surface area contributed by atoms with Gasteiger partial charge in [0.1, 0.15) is 10.7 Å². The Balaban J connectivity index is 2.24. The normalized spacial score (nSPS) is 18.2. The number of halogens is 1. The van der Waals surface area contributed by atoms with Gasteiger partial charge in [-0.1, -0.05) is 0 Å². The molecule has 2 rings (SSSR count). The van der Waals surface area contributed by atoms with E-state index < -0.39 is 15.8 Å². The highest BCUT2D eigenvalue weighted by Crippen LogP contribution is 2.20. The van der Waals surface area contributed by atoms with Gasteiger partial charge in [0.25, 0.3) is 0 Å². The molecule has 1 aliphatic heterocycles.